The van der Waals surface area contributed by atoms with Crippen molar-refractivity contribution < 1.29 is 18.0 Å². The Morgan fingerprint density at radius 1 is 1.42 bits per heavy atom. The van der Waals surface area contributed by atoms with Gasteiger partial charge in [-0.15, -0.1) is 0 Å². The van der Waals surface area contributed by atoms with E-state index >= 15 is 0 Å². The van der Waals surface area contributed by atoms with Gasteiger partial charge < -0.3 is 16.4 Å². The molecule has 0 unspecified atom stereocenters. The molecule has 4 N–H and O–H groups in total. The molecule has 0 saturated heterocycles. The summed E-state index contributed by atoms with van der Waals surface area (Å²) in [7, 11) is 0. The fourth-order valence-corrected chi connectivity index (χ4v) is 1.72. The molecule has 1 aromatic carbocycles. The van der Waals surface area contributed by atoms with Crippen LogP contribution in [0.5, 0.6) is 0 Å². The van der Waals surface area contributed by atoms with Crippen LogP contribution in [0.3, 0.4) is 0 Å². The number of benzene rings is 1. The summed E-state index contributed by atoms with van der Waals surface area (Å²) in [5.41, 5.74) is 6.29. The smallest absolute Gasteiger partial charge is 0.389 e. The summed E-state index contributed by atoms with van der Waals surface area (Å²) < 4.78 is 36.1. The first kappa shape index (κ1) is 15.7. The molecular formula is C10H9BrF3N3OS. The van der Waals surface area contributed by atoms with Gasteiger partial charge in [-0.25, -0.2) is 4.79 Å². The minimum atomic E-state index is -4.45. The Kier molecular flexibility index (Phi) is 5.12. The van der Waals surface area contributed by atoms with Crippen LogP contribution in [0.1, 0.15) is 5.56 Å². The number of hydrogen-bond acceptors (Lipinski definition) is 2. The Morgan fingerprint density at radius 3 is 2.53 bits per heavy atom. The summed E-state index contributed by atoms with van der Waals surface area (Å²) in [6.07, 6.45) is -4.45. The molecule has 0 atom stereocenters. The van der Waals surface area contributed by atoms with Crippen molar-refractivity contribution >= 4 is 44.9 Å². The van der Waals surface area contributed by atoms with Crippen LogP contribution in [0.15, 0.2) is 22.7 Å². The van der Waals surface area contributed by atoms with E-state index < -0.39 is 18.8 Å². The third kappa shape index (κ3) is 5.43. The lowest BCUT2D eigenvalue weighted by atomic mass is 10.2. The monoisotopic (exact) mass is 355 g/mol. The van der Waals surface area contributed by atoms with E-state index in [1.807, 2.05) is 0 Å². The van der Waals surface area contributed by atoms with Gasteiger partial charge in [-0.2, -0.15) is 13.2 Å². The lowest BCUT2D eigenvalue weighted by molar-refractivity contribution is -0.122. The number of thiocarbonyl (C=S) groups is 1. The van der Waals surface area contributed by atoms with E-state index in [0.29, 0.717) is 15.7 Å². The molecule has 1 rings (SSSR count). The molecule has 0 aliphatic heterocycles. The number of halogens is 4. The second kappa shape index (κ2) is 6.20. The molecule has 1 aromatic rings. The molecule has 0 aromatic heterocycles. The van der Waals surface area contributed by atoms with Gasteiger partial charge in [0.2, 0.25) is 0 Å². The molecule has 9 heteroatoms. The molecule has 0 heterocycles. The summed E-state index contributed by atoms with van der Waals surface area (Å²) >= 11 is 7.92. The van der Waals surface area contributed by atoms with Crippen LogP contribution in [0.2, 0.25) is 0 Å². The molecule has 0 saturated carbocycles. The van der Waals surface area contributed by atoms with Crippen LogP contribution in [-0.2, 0) is 0 Å². The first-order chi connectivity index (χ1) is 8.69. The lowest BCUT2D eigenvalue weighted by Gasteiger charge is -2.11. The second-order valence-electron chi connectivity index (χ2n) is 3.48. The largest absolute Gasteiger partial charge is 0.405 e. The number of nitrogens with two attached hydrogens (primary N) is 1. The number of amides is 2. The van der Waals surface area contributed by atoms with Crippen molar-refractivity contribution in [2.75, 3.05) is 11.9 Å². The molecule has 0 fully saturated rings. The van der Waals surface area contributed by atoms with Crippen LogP contribution in [0.4, 0.5) is 23.7 Å². The molecule has 0 radical (unpaired) electrons. The van der Waals surface area contributed by atoms with Gasteiger partial charge in [-0.1, -0.05) is 12.2 Å². The molecule has 104 valence electrons. The third-order valence-corrected chi connectivity index (χ3v) is 2.84. The van der Waals surface area contributed by atoms with Gasteiger partial charge in [0.1, 0.15) is 11.5 Å². The molecule has 2 amide bonds. The van der Waals surface area contributed by atoms with E-state index in [9.17, 15) is 18.0 Å². The van der Waals surface area contributed by atoms with Crippen LogP contribution < -0.4 is 16.4 Å². The molecule has 0 aliphatic rings. The maximum Gasteiger partial charge on any atom is 0.405 e. The molecule has 0 spiro atoms. The molecule has 0 bridgehead atoms. The summed E-state index contributed by atoms with van der Waals surface area (Å²) in [6, 6.07) is 3.63. The van der Waals surface area contributed by atoms with Crippen molar-refractivity contribution in [1.29, 1.82) is 0 Å². The maximum absolute atomic E-state index is 11.9. The fourth-order valence-electron chi connectivity index (χ4n) is 1.12. The van der Waals surface area contributed by atoms with E-state index in [4.69, 9.17) is 18.0 Å². The molecule has 0 aliphatic carbocycles. The standard InChI is InChI=1S/C10H9BrF3N3OS/c11-6-3-5(8(15)19)1-2-7(6)17-9(18)16-4-10(12,13)14/h1-3H,4H2,(H2,15,19)(H2,16,17,18). The summed E-state index contributed by atoms with van der Waals surface area (Å²) in [5.74, 6) is 0. The van der Waals surface area contributed by atoms with Crippen LogP contribution in [0.25, 0.3) is 0 Å². The number of nitrogens with one attached hydrogen (secondary N) is 2. The van der Waals surface area contributed by atoms with E-state index in [1.54, 1.807) is 17.4 Å². The minimum absolute atomic E-state index is 0.175. The van der Waals surface area contributed by atoms with Crippen molar-refractivity contribution in [1.82, 2.24) is 5.32 Å². The highest BCUT2D eigenvalue weighted by atomic mass is 79.9. The molecule has 4 nitrogen and oxygen atoms in total. The van der Waals surface area contributed by atoms with Crippen LogP contribution in [-0.4, -0.2) is 23.7 Å². The van der Waals surface area contributed by atoms with Crippen LogP contribution >= 0.6 is 28.1 Å². The summed E-state index contributed by atoms with van der Waals surface area (Å²) in [4.78, 5) is 11.4. The Bertz CT molecular complexity index is 507. The highest BCUT2D eigenvalue weighted by molar-refractivity contribution is 9.10. The van der Waals surface area contributed by atoms with E-state index in [0.717, 1.165) is 0 Å². The Balaban J connectivity index is 2.67. The number of alkyl halides is 3. The minimum Gasteiger partial charge on any atom is -0.389 e. The van der Waals surface area contributed by atoms with E-state index in [2.05, 4.69) is 21.2 Å². The average molecular weight is 356 g/mol. The molecular weight excluding hydrogens is 347 g/mol. The zero-order valence-corrected chi connectivity index (χ0v) is 11.7. The number of carbonyl (C=O) groups excluding carboxylic acids is 1. The lowest BCUT2D eigenvalue weighted by Crippen LogP contribution is -2.36. The van der Waals surface area contributed by atoms with Gasteiger partial charge in [0.15, 0.2) is 0 Å². The number of anilines is 1. The Labute approximate surface area is 120 Å². The third-order valence-electron chi connectivity index (χ3n) is 1.95. The summed E-state index contributed by atoms with van der Waals surface area (Å²) in [5, 5.41) is 3.96. The highest BCUT2D eigenvalue weighted by Crippen LogP contribution is 2.23. The first-order valence-corrected chi connectivity index (χ1v) is 6.10. The van der Waals surface area contributed by atoms with Gasteiger partial charge in [-0.05, 0) is 34.1 Å². The van der Waals surface area contributed by atoms with Gasteiger partial charge >= 0.3 is 12.2 Å². The number of hydrogen-bond donors (Lipinski definition) is 3. The van der Waals surface area contributed by atoms with Gasteiger partial charge in [0.25, 0.3) is 0 Å². The zero-order valence-electron chi connectivity index (χ0n) is 9.34. The number of carbonyl (C=O) groups is 1. The maximum atomic E-state index is 11.9. The predicted octanol–water partition coefficient (Wildman–Crippen LogP) is 2.77. The summed E-state index contributed by atoms with van der Waals surface area (Å²) in [6.45, 7) is -1.40. The second-order valence-corrected chi connectivity index (χ2v) is 4.78. The van der Waals surface area contributed by atoms with Gasteiger partial charge in [0, 0.05) is 10.0 Å². The number of urea groups is 1. The predicted molar refractivity (Wildman–Crippen MR) is 73.1 cm³/mol. The van der Waals surface area contributed by atoms with Crippen molar-refractivity contribution in [2.45, 2.75) is 6.18 Å². The first-order valence-electron chi connectivity index (χ1n) is 4.90. The van der Waals surface area contributed by atoms with Crippen molar-refractivity contribution in [3.63, 3.8) is 0 Å². The fraction of sp³-hybridized carbons (Fsp3) is 0.200. The Hall–Kier alpha value is -1.35. The Morgan fingerprint density at radius 2 is 2.05 bits per heavy atom. The normalized spacial score (nSPS) is 10.9. The zero-order chi connectivity index (χ0) is 14.6. The SMILES string of the molecule is NC(=S)c1ccc(NC(=O)NCC(F)(F)F)c(Br)c1. The van der Waals surface area contributed by atoms with E-state index in [1.165, 1.54) is 6.07 Å². The highest BCUT2D eigenvalue weighted by Gasteiger charge is 2.27. The van der Waals surface area contributed by atoms with Gasteiger partial charge in [0.05, 0.1) is 5.69 Å². The topological polar surface area (TPSA) is 67.1 Å². The average Bonchev–Trinajstić information content (AvgIpc) is 2.28. The molecule has 19 heavy (non-hydrogen) atoms. The quantitative estimate of drug-likeness (QED) is 0.730. The van der Waals surface area contributed by atoms with Crippen molar-refractivity contribution in [2.24, 2.45) is 5.73 Å². The number of rotatable bonds is 3. The van der Waals surface area contributed by atoms with Crippen LogP contribution in [0, 0.1) is 0 Å². The van der Waals surface area contributed by atoms with Crippen molar-refractivity contribution in [3.05, 3.63) is 28.2 Å². The van der Waals surface area contributed by atoms with E-state index in [-0.39, 0.29) is 4.99 Å². The van der Waals surface area contributed by atoms with Gasteiger partial charge in [-0.3, -0.25) is 0 Å². The van der Waals surface area contributed by atoms with Crippen molar-refractivity contribution in [3.8, 4) is 0 Å².